The van der Waals surface area contributed by atoms with Crippen molar-refractivity contribution >= 4 is 0 Å². The van der Waals surface area contributed by atoms with E-state index in [1.165, 1.54) is 38.5 Å². The number of hydrogen-bond donors (Lipinski definition) is 1. The third-order valence-corrected chi connectivity index (χ3v) is 4.87. The molecular formula is C14H25NO2. The van der Waals surface area contributed by atoms with Crippen molar-refractivity contribution in [3.63, 3.8) is 0 Å². The van der Waals surface area contributed by atoms with Crippen LogP contribution in [0.5, 0.6) is 0 Å². The van der Waals surface area contributed by atoms with E-state index in [2.05, 4.69) is 0 Å². The standard InChI is InChI=1S/C14H25NO2/c15-10-11-7-13(8-11)17-12-3-6-16-14(9-12)4-1-2-5-14/h11-13H,1-10,15H2. The summed E-state index contributed by atoms with van der Waals surface area (Å²) in [5, 5.41) is 0. The van der Waals surface area contributed by atoms with E-state index in [4.69, 9.17) is 15.2 Å². The molecule has 1 spiro atoms. The first-order chi connectivity index (χ1) is 8.30. The molecule has 2 saturated carbocycles. The van der Waals surface area contributed by atoms with Crippen molar-refractivity contribution in [2.75, 3.05) is 13.2 Å². The Morgan fingerprint density at radius 3 is 2.65 bits per heavy atom. The lowest BCUT2D eigenvalue weighted by Crippen LogP contribution is -2.44. The molecule has 0 aromatic rings. The third-order valence-electron chi connectivity index (χ3n) is 4.87. The van der Waals surface area contributed by atoms with Crippen molar-refractivity contribution in [3.05, 3.63) is 0 Å². The van der Waals surface area contributed by atoms with E-state index in [0.29, 0.717) is 12.2 Å². The van der Waals surface area contributed by atoms with E-state index >= 15 is 0 Å². The molecule has 0 radical (unpaired) electrons. The predicted molar refractivity (Wildman–Crippen MR) is 66.8 cm³/mol. The molecule has 3 nitrogen and oxygen atoms in total. The first-order valence-electron chi connectivity index (χ1n) is 7.29. The lowest BCUT2D eigenvalue weighted by molar-refractivity contribution is -0.161. The van der Waals surface area contributed by atoms with Gasteiger partial charge in [-0.25, -0.2) is 0 Å². The Balaban J connectivity index is 1.48. The average molecular weight is 239 g/mol. The van der Waals surface area contributed by atoms with E-state index in [1.807, 2.05) is 0 Å². The molecule has 98 valence electrons. The molecule has 1 aliphatic heterocycles. The summed E-state index contributed by atoms with van der Waals surface area (Å²) in [5.41, 5.74) is 5.84. The van der Waals surface area contributed by atoms with Crippen LogP contribution in [0.2, 0.25) is 0 Å². The van der Waals surface area contributed by atoms with Gasteiger partial charge in [0.2, 0.25) is 0 Å². The molecule has 3 aliphatic rings. The Hall–Kier alpha value is -0.120. The molecule has 0 aromatic carbocycles. The van der Waals surface area contributed by atoms with Gasteiger partial charge in [-0.2, -0.15) is 0 Å². The van der Waals surface area contributed by atoms with Gasteiger partial charge in [-0.05, 0) is 44.6 Å². The van der Waals surface area contributed by atoms with E-state index in [1.54, 1.807) is 0 Å². The molecule has 2 aliphatic carbocycles. The molecule has 1 atom stereocenters. The summed E-state index contributed by atoms with van der Waals surface area (Å²) in [5.74, 6) is 0.722. The molecule has 1 heterocycles. The van der Waals surface area contributed by atoms with Crippen molar-refractivity contribution < 1.29 is 9.47 Å². The van der Waals surface area contributed by atoms with Crippen LogP contribution in [0.4, 0.5) is 0 Å². The summed E-state index contributed by atoms with van der Waals surface area (Å²) in [6, 6.07) is 0. The Bertz CT molecular complexity index is 257. The highest BCUT2D eigenvalue weighted by Crippen LogP contribution is 2.42. The number of rotatable bonds is 3. The summed E-state index contributed by atoms with van der Waals surface area (Å²) in [6.45, 7) is 1.73. The van der Waals surface area contributed by atoms with Crippen LogP contribution in [0, 0.1) is 5.92 Å². The summed E-state index contributed by atoms with van der Waals surface area (Å²) < 4.78 is 12.2. The highest BCUT2D eigenvalue weighted by atomic mass is 16.5. The second-order valence-electron chi connectivity index (χ2n) is 6.18. The number of hydrogen-bond acceptors (Lipinski definition) is 3. The van der Waals surface area contributed by atoms with Crippen LogP contribution in [-0.2, 0) is 9.47 Å². The van der Waals surface area contributed by atoms with E-state index in [0.717, 1.165) is 31.9 Å². The first kappa shape index (κ1) is 11.9. The second kappa shape index (κ2) is 4.87. The van der Waals surface area contributed by atoms with Crippen molar-refractivity contribution in [1.29, 1.82) is 0 Å². The van der Waals surface area contributed by atoms with Gasteiger partial charge in [0.25, 0.3) is 0 Å². The van der Waals surface area contributed by atoms with Crippen molar-refractivity contribution in [1.82, 2.24) is 0 Å². The second-order valence-corrected chi connectivity index (χ2v) is 6.18. The molecule has 3 fully saturated rings. The van der Waals surface area contributed by atoms with Gasteiger partial charge >= 0.3 is 0 Å². The highest BCUT2D eigenvalue weighted by Gasteiger charge is 2.41. The van der Waals surface area contributed by atoms with Crippen molar-refractivity contribution in [2.24, 2.45) is 11.7 Å². The van der Waals surface area contributed by atoms with Gasteiger partial charge in [0.1, 0.15) is 0 Å². The average Bonchev–Trinajstić information content (AvgIpc) is 2.71. The first-order valence-corrected chi connectivity index (χ1v) is 7.29. The fraction of sp³-hybridized carbons (Fsp3) is 1.00. The predicted octanol–water partition coefficient (Wildman–Crippen LogP) is 2.23. The Labute approximate surface area is 104 Å². The molecule has 0 aromatic heterocycles. The van der Waals surface area contributed by atoms with Gasteiger partial charge in [0.05, 0.1) is 17.8 Å². The zero-order valence-electron chi connectivity index (χ0n) is 10.7. The van der Waals surface area contributed by atoms with Crippen LogP contribution in [0.25, 0.3) is 0 Å². The van der Waals surface area contributed by atoms with E-state index in [-0.39, 0.29) is 5.60 Å². The number of ether oxygens (including phenoxy) is 2. The summed E-state index contributed by atoms with van der Waals surface area (Å²) in [7, 11) is 0. The zero-order valence-corrected chi connectivity index (χ0v) is 10.7. The minimum absolute atomic E-state index is 0.194. The lowest BCUT2D eigenvalue weighted by atomic mass is 9.82. The van der Waals surface area contributed by atoms with E-state index in [9.17, 15) is 0 Å². The van der Waals surface area contributed by atoms with Gasteiger partial charge in [0.15, 0.2) is 0 Å². The molecule has 0 amide bonds. The van der Waals surface area contributed by atoms with Crippen LogP contribution < -0.4 is 5.73 Å². The van der Waals surface area contributed by atoms with Gasteiger partial charge in [-0.3, -0.25) is 0 Å². The fourth-order valence-corrected chi connectivity index (χ4v) is 3.72. The Kier molecular flexibility index (Phi) is 3.42. The lowest BCUT2D eigenvalue weighted by Gasteiger charge is -2.42. The maximum atomic E-state index is 6.21. The van der Waals surface area contributed by atoms with Gasteiger partial charge in [-0.1, -0.05) is 12.8 Å². The van der Waals surface area contributed by atoms with Crippen LogP contribution >= 0.6 is 0 Å². The SMILES string of the molecule is NCC1CC(OC2CCOC3(CCCC3)C2)C1. The van der Waals surface area contributed by atoms with Crippen molar-refractivity contribution in [3.8, 4) is 0 Å². The normalized spacial score (nSPS) is 40.4. The van der Waals surface area contributed by atoms with Gasteiger partial charge in [-0.15, -0.1) is 0 Å². The quantitative estimate of drug-likeness (QED) is 0.821. The smallest absolute Gasteiger partial charge is 0.0707 e. The van der Waals surface area contributed by atoms with Gasteiger partial charge < -0.3 is 15.2 Å². The largest absolute Gasteiger partial charge is 0.375 e. The Morgan fingerprint density at radius 2 is 1.94 bits per heavy atom. The fourth-order valence-electron chi connectivity index (χ4n) is 3.72. The van der Waals surface area contributed by atoms with Crippen LogP contribution in [0.3, 0.4) is 0 Å². The monoisotopic (exact) mass is 239 g/mol. The summed E-state index contributed by atoms with van der Waals surface area (Å²) in [4.78, 5) is 0. The van der Waals surface area contributed by atoms with Crippen LogP contribution in [0.15, 0.2) is 0 Å². The number of nitrogens with two attached hydrogens (primary N) is 1. The van der Waals surface area contributed by atoms with Crippen LogP contribution in [-0.4, -0.2) is 31.0 Å². The minimum Gasteiger partial charge on any atom is -0.375 e. The van der Waals surface area contributed by atoms with Crippen LogP contribution in [0.1, 0.15) is 51.4 Å². The zero-order chi connectivity index (χ0) is 11.7. The maximum Gasteiger partial charge on any atom is 0.0707 e. The molecule has 2 N–H and O–H groups in total. The molecule has 1 unspecified atom stereocenters. The maximum absolute atomic E-state index is 6.21. The molecule has 3 heteroatoms. The molecule has 3 rings (SSSR count). The van der Waals surface area contributed by atoms with Gasteiger partial charge in [0, 0.05) is 13.0 Å². The van der Waals surface area contributed by atoms with Crippen molar-refractivity contribution in [2.45, 2.75) is 69.2 Å². The summed E-state index contributed by atoms with van der Waals surface area (Å²) >= 11 is 0. The molecule has 1 saturated heterocycles. The topological polar surface area (TPSA) is 44.5 Å². The minimum atomic E-state index is 0.194. The molecular weight excluding hydrogens is 214 g/mol. The third kappa shape index (κ3) is 2.51. The van der Waals surface area contributed by atoms with E-state index < -0.39 is 0 Å². The molecule has 17 heavy (non-hydrogen) atoms. The summed E-state index contributed by atoms with van der Waals surface area (Å²) in [6.07, 6.45) is 10.7. The molecule has 0 bridgehead atoms. The Morgan fingerprint density at radius 1 is 1.18 bits per heavy atom. The highest BCUT2D eigenvalue weighted by molar-refractivity contribution is 4.92.